The topological polar surface area (TPSA) is 60.1 Å². The largest absolute Gasteiger partial charge is 0.294 e. The maximum absolute atomic E-state index is 12.6. The molecule has 1 atom stereocenters. The van der Waals surface area contributed by atoms with Crippen LogP contribution in [0.2, 0.25) is 0 Å². The minimum absolute atomic E-state index is 0.137. The Balaban J connectivity index is 1.69. The Morgan fingerprint density at radius 2 is 2.04 bits per heavy atom. The first-order valence-electron chi connectivity index (χ1n) is 8.22. The summed E-state index contributed by atoms with van der Waals surface area (Å²) in [5, 5.41) is 5.14. The molecule has 0 spiro atoms. The van der Waals surface area contributed by atoms with Crippen molar-refractivity contribution in [2.75, 3.05) is 5.75 Å². The summed E-state index contributed by atoms with van der Waals surface area (Å²) in [7, 11) is 0. The first-order chi connectivity index (χ1) is 11.7. The number of thioether (sulfide) groups is 1. The molecule has 6 heteroatoms. The van der Waals surface area contributed by atoms with E-state index in [0.717, 1.165) is 29.4 Å². The third kappa shape index (κ3) is 2.82. The van der Waals surface area contributed by atoms with Crippen LogP contribution in [0.1, 0.15) is 47.3 Å². The number of carbonyl (C=O) groups excluding carboxylic acids is 1. The second kappa shape index (κ2) is 6.36. The van der Waals surface area contributed by atoms with Gasteiger partial charge >= 0.3 is 0 Å². The summed E-state index contributed by atoms with van der Waals surface area (Å²) >= 11 is 1.62. The zero-order valence-corrected chi connectivity index (χ0v) is 14.3. The monoisotopic (exact) mass is 338 g/mol. The highest BCUT2D eigenvalue weighted by Crippen LogP contribution is 2.32. The van der Waals surface area contributed by atoms with Crippen molar-refractivity contribution in [1.82, 2.24) is 19.6 Å². The molecule has 0 bridgehead atoms. The molecule has 3 aromatic rings. The summed E-state index contributed by atoms with van der Waals surface area (Å²) in [4.78, 5) is 21.7. The molecule has 122 valence electrons. The van der Waals surface area contributed by atoms with E-state index in [1.807, 2.05) is 18.2 Å². The summed E-state index contributed by atoms with van der Waals surface area (Å²) in [5.74, 6) is 1.88. The van der Waals surface area contributed by atoms with Crippen LogP contribution in [0.3, 0.4) is 0 Å². The van der Waals surface area contributed by atoms with Crippen molar-refractivity contribution in [3.8, 4) is 0 Å². The van der Waals surface area contributed by atoms with Gasteiger partial charge < -0.3 is 0 Å². The number of Topliss-reactive ketones (excluding diaryl/α,β-unsaturated/α-hetero) is 1. The minimum atomic E-state index is 0.137. The maximum Gasteiger partial charge on any atom is 0.253 e. The van der Waals surface area contributed by atoms with Crippen LogP contribution in [-0.2, 0) is 6.42 Å². The van der Waals surface area contributed by atoms with Crippen molar-refractivity contribution in [2.24, 2.45) is 0 Å². The molecule has 0 fully saturated rings. The third-order valence-corrected chi connectivity index (χ3v) is 5.31. The van der Waals surface area contributed by atoms with Crippen LogP contribution < -0.4 is 0 Å². The smallest absolute Gasteiger partial charge is 0.253 e. The van der Waals surface area contributed by atoms with Gasteiger partial charge in [-0.2, -0.15) is 4.98 Å². The highest BCUT2D eigenvalue weighted by molar-refractivity contribution is 7.99. The quantitative estimate of drug-likeness (QED) is 0.681. The second-order valence-electron chi connectivity index (χ2n) is 6.03. The predicted octanol–water partition coefficient (Wildman–Crippen LogP) is 3.54. The van der Waals surface area contributed by atoms with Gasteiger partial charge in [-0.3, -0.25) is 4.79 Å². The SMILES string of the molecule is CCCSc1nc2nc3c(cn2n1)C(=O)C[C@@H](c1ccccc1)C3. The van der Waals surface area contributed by atoms with Gasteiger partial charge in [0, 0.05) is 18.4 Å². The van der Waals surface area contributed by atoms with Gasteiger partial charge in [0.2, 0.25) is 5.16 Å². The molecule has 0 unspecified atom stereocenters. The van der Waals surface area contributed by atoms with Crippen LogP contribution in [0.5, 0.6) is 0 Å². The normalized spacial score (nSPS) is 17.2. The Morgan fingerprint density at radius 1 is 1.21 bits per heavy atom. The summed E-state index contributed by atoms with van der Waals surface area (Å²) in [6, 6.07) is 10.2. The van der Waals surface area contributed by atoms with Gasteiger partial charge in [0.05, 0.1) is 11.3 Å². The van der Waals surface area contributed by atoms with Gasteiger partial charge in [-0.25, -0.2) is 9.50 Å². The summed E-state index contributed by atoms with van der Waals surface area (Å²) in [6.45, 7) is 2.13. The van der Waals surface area contributed by atoms with E-state index in [9.17, 15) is 4.79 Å². The first kappa shape index (κ1) is 15.3. The van der Waals surface area contributed by atoms with Gasteiger partial charge in [-0.15, -0.1) is 5.10 Å². The zero-order valence-electron chi connectivity index (χ0n) is 13.5. The lowest BCUT2D eigenvalue weighted by Crippen LogP contribution is -2.21. The van der Waals surface area contributed by atoms with Crippen molar-refractivity contribution in [3.63, 3.8) is 0 Å². The highest BCUT2D eigenvalue weighted by Gasteiger charge is 2.28. The second-order valence-corrected chi connectivity index (χ2v) is 7.09. The van der Waals surface area contributed by atoms with Crippen LogP contribution in [0.4, 0.5) is 0 Å². The average Bonchev–Trinajstić information content (AvgIpc) is 3.01. The Hall–Kier alpha value is -2.21. The van der Waals surface area contributed by atoms with E-state index in [4.69, 9.17) is 0 Å². The van der Waals surface area contributed by atoms with E-state index in [-0.39, 0.29) is 11.7 Å². The highest BCUT2D eigenvalue weighted by atomic mass is 32.2. The molecular weight excluding hydrogens is 320 g/mol. The van der Waals surface area contributed by atoms with E-state index in [1.54, 1.807) is 22.5 Å². The fourth-order valence-electron chi connectivity index (χ4n) is 3.08. The van der Waals surface area contributed by atoms with Crippen LogP contribution in [-0.4, -0.2) is 31.1 Å². The van der Waals surface area contributed by atoms with Crippen molar-refractivity contribution in [1.29, 1.82) is 0 Å². The van der Waals surface area contributed by atoms with Crippen molar-refractivity contribution in [3.05, 3.63) is 53.3 Å². The molecule has 2 aromatic heterocycles. The van der Waals surface area contributed by atoms with Crippen LogP contribution >= 0.6 is 11.8 Å². The number of ketones is 1. The minimum Gasteiger partial charge on any atom is -0.294 e. The maximum atomic E-state index is 12.6. The van der Waals surface area contributed by atoms with Gasteiger partial charge in [0.25, 0.3) is 5.78 Å². The summed E-state index contributed by atoms with van der Waals surface area (Å²) in [6.07, 6.45) is 4.16. The fraction of sp³-hybridized carbons (Fsp3) is 0.333. The number of fused-ring (bicyclic) bond motifs is 2. The molecule has 1 aromatic carbocycles. The van der Waals surface area contributed by atoms with Gasteiger partial charge in [0.15, 0.2) is 5.78 Å². The van der Waals surface area contributed by atoms with Crippen molar-refractivity contribution >= 4 is 23.3 Å². The lowest BCUT2D eigenvalue weighted by molar-refractivity contribution is 0.0962. The molecule has 1 aliphatic carbocycles. The van der Waals surface area contributed by atoms with Gasteiger partial charge in [0.1, 0.15) is 0 Å². The van der Waals surface area contributed by atoms with Crippen molar-refractivity contribution < 1.29 is 4.79 Å². The number of carbonyl (C=O) groups is 1. The van der Waals surface area contributed by atoms with E-state index >= 15 is 0 Å². The average molecular weight is 338 g/mol. The van der Waals surface area contributed by atoms with Crippen LogP contribution in [0.25, 0.3) is 5.78 Å². The first-order valence-corrected chi connectivity index (χ1v) is 9.20. The Kier molecular flexibility index (Phi) is 4.06. The van der Waals surface area contributed by atoms with E-state index < -0.39 is 0 Å². The molecule has 5 nitrogen and oxygen atoms in total. The molecule has 24 heavy (non-hydrogen) atoms. The Labute approximate surface area is 144 Å². The molecule has 2 heterocycles. The van der Waals surface area contributed by atoms with Gasteiger partial charge in [-0.1, -0.05) is 49.0 Å². The molecule has 1 aliphatic rings. The number of rotatable bonds is 4. The molecule has 0 radical (unpaired) electrons. The van der Waals surface area contributed by atoms with E-state index in [1.165, 1.54) is 5.56 Å². The lowest BCUT2D eigenvalue weighted by Gasteiger charge is -2.22. The molecule has 0 amide bonds. The van der Waals surface area contributed by atoms with Gasteiger partial charge in [-0.05, 0) is 24.3 Å². The third-order valence-electron chi connectivity index (χ3n) is 4.27. The van der Waals surface area contributed by atoms with E-state index in [2.05, 4.69) is 34.1 Å². The standard InChI is InChI=1S/C18H18N4OS/c1-2-8-24-18-20-17-19-15-9-13(12-6-4-3-5-7-12)10-16(23)14(15)11-22(17)21-18/h3-7,11,13H,2,8-10H2,1H3/t13-/m0/s1. The summed E-state index contributed by atoms with van der Waals surface area (Å²) < 4.78 is 1.64. The van der Waals surface area contributed by atoms with Crippen LogP contribution in [0, 0.1) is 0 Å². The van der Waals surface area contributed by atoms with Crippen molar-refractivity contribution in [2.45, 2.75) is 37.3 Å². The summed E-state index contributed by atoms with van der Waals surface area (Å²) in [5.41, 5.74) is 2.72. The Bertz CT molecular complexity index is 891. The van der Waals surface area contributed by atoms with Crippen LogP contribution in [0.15, 0.2) is 41.7 Å². The predicted molar refractivity (Wildman–Crippen MR) is 93.6 cm³/mol. The molecule has 0 saturated heterocycles. The number of benzene rings is 1. The molecule has 4 rings (SSSR count). The Morgan fingerprint density at radius 3 is 2.83 bits per heavy atom. The number of hydrogen-bond acceptors (Lipinski definition) is 5. The van der Waals surface area contributed by atoms with E-state index in [0.29, 0.717) is 17.8 Å². The molecular formula is C18H18N4OS. The fourth-order valence-corrected chi connectivity index (χ4v) is 3.76. The molecule has 0 saturated carbocycles. The number of hydrogen-bond donors (Lipinski definition) is 0. The zero-order chi connectivity index (χ0) is 16.5. The molecule has 0 aliphatic heterocycles. The number of aromatic nitrogens is 4. The number of nitrogens with zero attached hydrogens (tertiary/aromatic N) is 4. The molecule has 0 N–H and O–H groups in total. The lowest BCUT2D eigenvalue weighted by atomic mass is 9.82.